The van der Waals surface area contributed by atoms with Crippen LogP contribution in [0.15, 0.2) is 22.7 Å². The fourth-order valence-electron chi connectivity index (χ4n) is 2.35. The summed E-state index contributed by atoms with van der Waals surface area (Å²) < 4.78 is 13.8. The topological polar surface area (TPSA) is 29.1 Å². The van der Waals surface area contributed by atoms with Crippen LogP contribution in [0.5, 0.6) is 0 Å². The van der Waals surface area contributed by atoms with E-state index in [4.69, 9.17) is 0 Å². The lowest BCUT2D eigenvalue weighted by Gasteiger charge is -2.25. The molecule has 4 heteroatoms. The first kappa shape index (κ1) is 13.5. The van der Waals surface area contributed by atoms with Crippen LogP contribution in [0.2, 0.25) is 0 Å². The highest BCUT2D eigenvalue weighted by Crippen LogP contribution is 2.30. The highest BCUT2D eigenvalue weighted by atomic mass is 79.9. The van der Waals surface area contributed by atoms with E-state index in [2.05, 4.69) is 28.2 Å². The van der Waals surface area contributed by atoms with Gasteiger partial charge in [0.25, 0.3) is 0 Å². The zero-order chi connectivity index (χ0) is 13.1. The smallest absolute Gasteiger partial charge is 0.227 e. The normalized spacial score (nSPS) is 23.7. The Balaban J connectivity index is 2.00. The highest BCUT2D eigenvalue weighted by molar-refractivity contribution is 9.10. The molecule has 0 radical (unpaired) electrons. The van der Waals surface area contributed by atoms with Crippen LogP contribution in [0.3, 0.4) is 0 Å². The second-order valence-corrected chi connectivity index (χ2v) is 5.92. The van der Waals surface area contributed by atoms with Crippen molar-refractivity contribution in [2.75, 3.05) is 5.32 Å². The largest absolute Gasteiger partial charge is 0.325 e. The second-order valence-electron chi connectivity index (χ2n) is 5.07. The lowest BCUT2D eigenvalue weighted by molar-refractivity contribution is -0.121. The van der Waals surface area contributed by atoms with E-state index in [1.54, 1.807) is 6.07 Å². The van der Waals surface area contributed by atoms with Crippen LogP contribution in [0.1, 0.15) is 32.6 Å². The average Bonchev–Trinajstić information content (AvgIpc) is 2.34. The first-order chi connectivity index (χ1) is 8.56. The van der Waals surface area contributed by atoms with E-state index in [0.717, 1.165) is 31.6 Å². The lowest BCUT2D eigenvalue weighted by Crippen LogP contribution is -2.26. The number of carbonyl (C=O) groups excluding carboxylic acids is 1. The molecule has 1 saturated carbocycles. The van der Waals surface area contributed by atoms with Gasteiger partial charge in [-0.1, -0.05) is 6.92 Å². The third-order valence-corrected chi connectivity index (χ3v) is 4.26. The van der Waals surface area contributed by atoms with Gasteiger partial charge >= 0.3 is 0 Å². The van der Waals surface area contributed by atoms with Gasteiger partial charge in [0.15, 0.2) is 0 Å². The van der Waals surface area contributed by atoms with Crippen LogP contribution in [0, 0.1) is 17.7 Å². The third kappa shape index (κ3) is 3.31. The Morgan fingerprint density at radius 2 is 2.00 bits per heavy atom. The molecular formula is C14H17BrFNO. The van der Waals surface area contributed by atoms with E-state index in [-0.39, 0.29) is 17.6 Å². The fraction of sp³-hybridized carbons (Fsp3) is 0.500. The van der Waals surface area contributed by atoms with Gasteiger partial charge < -0.3 is 5.32 Å². The van der Waals surface area contributed by atoms with Crippen molar-refractivity contribution in [3.8, 4) is 0 Å². The Morgan fingerprint density at radius 1 is 1.33 bits per heavy atom. The van der Waals surface area contributed by atoms with Crippen LogP contribution in [0.4, 0.5) is 10.1 Å². The number of halogens is 2. The van der Waals surface area contributed by atoms with Gasteiger partial charge in [0.2, 0.25) is 5.91 Å². The summed E-state index contributed by atoms with van der Waals surface area (Å²) in [6, 6.07) is 4.31. The Labute approximate surface area is 115 Å². The number of hydrogen-bond acceptors (Lipinski definition) is 1. The molecule has 18 heavy (non-hydrogen) atoms. The maximum atomic E-state index is 13.1. The lowest BCUT2D eigenvalue weighted by atomic mass is 9.82. The fourth-order valence-corrected chi connectivity index (χ4v) is 2.70. The maximum absolute atomic E-state index is 13.1. The van der Waals surface area contributed by atoms with Crippen LogP contribution in [-0.2, 0) is 4.79 Å². The van der Waals surface area contributed by atoms with E-state index >= 15 is 0 Å². The summed E-state index contributed by atoms with van der Waals surface area (Å²) >= 11 is 3.31. The van der Waals surface area contributed by atoms with Crippen molar-refractivity contribution in [1.29, 1.82) is 0 Å². The number of anilines is 1. The molecule has 2 rings (SSSR count). The molecule has 0 bridgehead atoms. The quantitative estimate of drug-likeness (QED) is 0.864. The predicted molar refractivity (Wildman–Crippen MR) is 73.9 cm³/mol. The molecule has 1 amide bonds. The molecule has 2 nitrogen and oxygen atoms in total. The molecule has 0 unspecified atom stereocenters. The molecule has 0 aromatic heterocycles. The van der Waals surface area contributed by atoms with Gasteiger partial charge in [-0.2, -0.15) is 0 Å². The molecule has 0 spiro atoms. The van der Waals surface area contributed by atoms with Gasteiger partial charge in [-0.3, -0.25) is 4.79 Å². The number of rotatable bonds is 2. The Morgan fingerprint density at radius 3 is 2.67 bits per heavy atom. The van der Waals surface area contributed by atoms with Gasteiger partial charge in [-0.05, 0) is 65.7 Å². The zero-order valence-electron chi connectivity index (χ0n) is 10.4. The highest BCUT2D eigenvalue weighted by Gasteiger charge is 2.24. The summed E-state index contributed by atoms with van der Waals surface area (Å²) in [5, 5.41) is 2.81. The van der Waals surface area contributed by atoms with Gasteiger partial charge in [-0.25, -0.2) is 4.39 Å². The van der Waals surface area contributed by atoms with Gasteiger partial charge in [0.05, 0.1) is 5.69 Å². The number of hydrogen-bond donors (Lipinski definition) is 1. The zero-order valence-corrected chi connectivity index (χ0v) is 12.0. The van der Waals surface area contributed by atoms with E-state index in [9.17, 15) is 9.18 Å². The van der Waals surface area contributed by atoms with Crippen LogP contribution in [-0.4, -0.2) is 5.91 Å². The Kier molecular flexibility index (Phi) is 4.38. The molecule has 1 aromatic carbocycles. The van der Waals surface area contributed by atoms with Gasteiger partial charge in [0, 0.05) is 10.4 Å². The van der Waals surface area contributed by atoms with Crippen LogP contribution in [0.25, 0.3) is 0 Å². The molecule has 1 N–H and O–H groups in total. The Bertz CT molecular complexity index is 441. The Hall–Kier alpha value is -0.900. The number of benzene rings is 1. The second kappa shape index (κ2) is 5.83. The van der Waals surface area contributed by atoms with E-state index in [0.29, 0.717) is 10.2 Å². The van der Waals surface area contributed by atoms with Crippen molar-refractivity contribution in [3.63, 3.8) is 0 Å². The molecule has 0 saturated heterocycles. The minimum atomic E-state index is -0.342. The standard InChI is InChI=1S/C14H17BrFNO/c1-9-2-4-10(5-3-9)14(18)17-13-8-11(16)6-7-12(13)15/h6-10H,2-5H2,1H3,(H,17,18). The first-order valence-electron chi connectivity index (χ1n) is 6.32. The van der Waals surface area contributed by atoms with Gasteiger partial charge in [0.1, 0.15) is 5.82 Å². The number of nitrogens with one attached hydrogen (secondary N) is 1. The molecule has 0 aliphatic heterocycles. The minimum Gasteiger partial charge on any atom is -0.325 e. The summed E-state index contributed by atoms with van der Waals surface area (Å²) in [6.45, 7) is 2.22. The van der Waals surface area contributed by atoms with Crippen molar-refractivity contribution >= 4 is 27.5 Å². The first-order valence-corrected chi connectivity index (χ1v) is 7.11. The van der Waals surface area contributed by atoms with Crippen molar-refractivity contribution in [3.05, 3.63) is 28.5 Å². The molecule has 98 valence electrons. The number of carbonyl (C=O) groups is 1. The molecule has 1 aliphatic rings. The predicted octanol–water partition coefficient (Wildman–Crippen LogP) is 4.35. The SMILES string of the molecule is CC1CCC(C(=O)Nc2cc(F)ccc2Br)CC1. The monoisotopic (exact) mass is 313 g/mol. The summed E-state index contributed by atoms with van der Waals surface area (Å²) in [5.74, 6) is 0.449. The summed E-state index contributed by atoms with van der Waals surface area (Å²) in [5.41, 5.74) is 0.513. The molecule has 1 aliphatic carbocycles. The molecule has 1 aromatic rings. The molecule has 0 atom stereocenters. The third-order valence-electron chi connectivity index (χ3n) is 3.57. The van der Waals surface area contributed by atoms with Crippen LogP contribution < -0.4 is 5.32 Å². The summed E-state index contributed by atoms with van der Waals surface area (Å²) in [6.07, 6.45) is 4.06. The van der Waals surface area contributed by atoms with E-state index in [1.807, 2.05) is 0 Å². The van der Waals surface area contributed by atoms with E-state index in [1.165, 1.54) is 12.1 Å². The van der Waals surface area contributed by atoms with Gasteiger partial charge in [-0.15, -0.1) is 0 Å². The van der Waals surface area contributed by atoms with Crippen molar-refractivity contribution < 1.29 is 9.18 Å². The number of amides is 1. The molecule has 0 heterocycles. The van der Waals surface area contributed by atoms with Crippen molar-refractivity contribution in [1.82, 2.24) is 0 Å². The molecule has 1 fully saturated rings. The van der Waals surface area contributed by atoms with Crippen molar-refractivity contribution in [2.45, 2.75) is 32.6 Å². The van der Waals surface area contributed by atoms with Crippen molar-refractivity contribution in [2.24, 2.45) is 11.8 Å². The van der Waals surface area contributed by atoms with Crippen LogP contribution >= 0.6 is 15.9 Å². The summed E-state index contributed by atoms with van der Waals surface area (Å²) in [7, 11) is 0. The summed E-state index contributed by atoms with van der Waals surface area (Å²) in [4.78, 5) is 12.1. The van der Waals surface area contributed by atoms with E-state index < -0.39 is 0 Å². The molecular weight excluding hydrogens is 297 g/mol. The maximum Gasteiger partial charge on any atom is 0.227 e. The average molecular weight is 314 g/mol. The minimum absolute atomic E-state index is 0.00759.